The van der Waals surface area contributed by atoms with Crippen LogP contribution in [-0.4, -0.2) is 49.5 Å². The largest absolute Gasteiger partial charge is 0.447 e. The SMILES string of the molecule is CC(=S)NCC1CN(c2ccc(N3CCOC3=O)c(F)c2)C(=O)O1. The number of anilines is 2. The van der Waals surface area contributed by atoms with Crippen molar-refractivity contribution in [3.05, 3.63) is 24.0 Å². The molecule has 0 aliphatic carbocycles. The van der Waals surface area contributed by atoms with E-state index < -0.39 is 18.0 Å². The summed E-state index contributed by atoms with van der Waals surface area (Å²) >= 11 is 4.92. The van der Waals surface area contributed by atoms with Crippen LogP contribution in [0.3, 0.4) is 0 Å². The predicted molar refractivity (Wildman–Crippen MR) is 89.0 cm³/mol. The number of cyclic esters (lactones) is 2. The number of nitrogens with zero attached hydrogens (tertiary/aromatic N) is 2. The van der Waals surface area contributed by atoms with Crippen molar-refractivity contribution in [2.75, 3.05) is 36.0 Å². The monoisotopic (exact) mass is 353 g/mol. The maximum atomic E-state index is 14.3. The van der Waals surface area contributed by atoms with Gasteiger partial charge in [-0.1, -0.05) is 12.2 Å². The van der Waals surface area contributed by atoms with Gasteiger partial charge in [0.05, 0.1) is 36.0 Å². The summed E-state index contributed by atoms with van der Waals surface area (Å²) in [7, 11) is 0. The van der Waals surface area contributed by atoms with Crippen molar-refractivity contribution in [1.29, 1.82) is 0 Å². The van der Waals surface area contributed by atoms with Gasteiger partial charge in [0.15, 0.2) is 0 Å². The number of amides is 2. The summed E-state index contributed by atoms with van der Waals surface area (Å²) in [6, 6.07) is 4.24. The van der Waals surface area contributed by atoms with Gasteiger partial charge in [-0.25, -0.2) is 14.0 Å². The minimum Gasteiger partial charge on any atom is -0.447 e. The number of halogens is 1. The molecule has 1 unspecified atom stereocenters. The van der Waals surface area contributed by atoms with Crippen LogP contribution in [0.4, 0.5) is 25.4 Å². The lowest BCUT2D eigenvalue weighted by molar-refractivity contribution is 0.143. The Hall–Kier alpha value is -2.42. The smallest absolute Gasteiger partial charge is 0.414 e. The average molecular weight is 353 g/mol. The molecule has 2 aliphatic rings. The molecule has 0 radical (unpaired) electrons. The molecule has 1 N–H and O–H groups in total. The zero-order chi connectivity index (χ0) is 17.3. The van der Waals surface area contributed by atoms with Gasteiger partial charge in [0, 0.05) is 0 Å². The molecule has 0 spiro atoms. The second kappa shape index (κ2) is 6.60. The molecule has 2 saturated heterocycles. The van der Waals surface area contributed by atoms with E-state index in [-0.39, 0.29) is 18.4 Å². The maximum Gasteiger partial charge on any atom is 0.414 e. The van der Waals surface area contributed by atoms with Crippen molar-refractivity contribution < 1.29 is 23.5 Å². The van der Waals surface area contributed by atoms with Crippen molar-refractivity contribution in [3.63, 3.8) is 0 Å². The molecule has 1 aromatic carbocycles. The first-order valence-electron chi connectivity index (χ1n) is 7.42. The molecule has 0 aromatic heterocycles. The quantitative estimate of drug-likeness (QED) is 0.836. The fraction of sp³-hybridized carbons (Fsp3) is 0.400. The summed E-state index contributed by atoms with van der Waals surface area (Å²) in [5, 5.41) is 2.94. The van der Waals surface area contributed by atoms with Crippen molar-refractivity contribution in [3.8, 4) is 0 Å². The van der Waals surface area contributed by atoms with Gasteiger partial charge in [0.2, 0.25) is 0 Å². The predicted octanol–water partition coefficient (Wildman–Crippen LogP) is 2.04. The van der Waals surface area contributed by atoms with Crippen LogP contribution < -0.4 is 15.1 Å². The molecule has 3 rings (SSSR count). The summed E-state index contributed by atoms with van der Waals surface area (Å²) in [4.78, 5) is 26.7. The molecule has 9 heteroatoms. The summed E-state index contributed by atoms with van der Waals surface area (Å²) in [5.41, 5.74) is 0.499. The minimum atomic E-state index is -0.601. The van der Waals surface area contributed by atoms with Crippen LogP contribution in [0.2, 0.25) is 0 Å². The lowest BCUT2D eigenvalue weighted by Gasteiger charge is -2.17. The number of carbonyl (C=O) groups is 2. The number of hydrogen-bond donors (Lipinski definition) is 1. The van der Waals surface area contributed by atoms with Crippen LogP contribution in [0, 0.1) is 5.82 Å². The van der Waals surface area contributed by atoms with Crippen LogP contribution >= 0.6 is 12.2 Å². The first-order valence-corrected chi connectivity index (χ1v) is 7.83. The normalized spacial score (nSPS) is 20.2. The Balaban J connectivity index is 1.73. The van der Waals surface area contributed by atoms with Gasteiger partial charge >= 0.3 is 12.2 Å². The Kier molecular flexibility index (Phi) is 4.52. The minimum absolute atomic E-state index is 0.128. The summed E-state index contributed by atoms with van der Waals surface area (Å²) in [6.45, 7) is 2.95. The van der Waals surface area contributed by atoms with Gasteiger partial charge in [-0.15, -0.1) is 0 Å². The zero-order valence-electron chi connectivity index (χ0n) is 13.0. The van der Waals surface area contributed by atoms with Gasteiger partial charge in [0.1, 0.15) is 18.5 Å². The lowest BCUT2D eigenvalue weighted by atomic mass is 10.2. The van der Waals surface area contributed by atoms with Crippen molar-refractivity contribution in [2.45, 2.75) is 13.0 Å². The summed E-state index contributed by atoms with van der Waals surface area (Å²) in [5.74, 6) is -0.601. The maximum absolute atomic E-state index is 14.3. The Morgan fingerprint density at radius 3 is 2.79 bits per heavy atom. The van der Waals surface area contributed by atoms with E-state index in [0.29, 0.717) is 30.3 Å². The second-order valence-electron chi connectivity index (χ2n) is 5.46. The van der Waals surface area contributed by atoms with Gasteiger partial charge in [-0.2, -0.15) is 0 Å². The van der Waals surface area contributed by atoms with E-state index in [1.807, 2.05) is 0 Å². The highest BCUT2D eigenvalue weighted by atomic mass is 32.1. The Labute approximate surface area is 143 Å². The summed E-state index contributed by atoms with van der Waals surface area (Å²) in [6.07, 6.45) is -1.49. The number of rotatable bonds is 4. The Bertz CT molecular complexity index is 699. The number of thiocarbonyl (C=S) groups is 1. The topological polar surface area (TPSA) is 71.1 Å². The van der Waals surface area contributed by atoms with Gasteiger partial charge < -0.3 is 14.8 Å². The van der Waals surface area contributed by atoms with E-state index in [9.17, 15) is 14.0 Å². The molecule has 2 fully saturated rings. The lowest BCUT2D eigenvalue weighted by Crippen LogP contribution is -2.32. The zero-order valence-corrected chi connectivity index (χ0v) is 13.8. The van der Waals surface area contributed by atoms with Crippen LogP contribution in [0.25, 0.3) is 0 Å². The molecule has 2 heterocycles. The first kappa shape index (κ1) is 16.4. The fourth-order valence-corrected chi connectivity index (χ4v) is 2.67. The highest BCUT2D eigenvalue weighted by molar-refractivity contribution is 7.80. The van der Waals surface area contributed by atoms with Crippen LogP contribution in [0.5, 0.6) is 0 Å². The molecule has 2 aliphatic heterocycles. The first-order chi connectivity index (χ1) is 11.5. The fourth-order valence-electron chi connectivity index (χ4n) is 2.59. The van der Waals surface area contributed by atoms with E-state index in [1.165, 1.54) is 21.9 Å². The highest BCUT2D eigenvalue weighted by Gasteiger charge is 2.33. The van der Waals surface area contributed by atoms with E-state index in [4.69, 9.17) is 21.7 Å². The van der Waals surface area contributed by atoms with E-state index in [1.54, 1.807) is 13.0 Å². The molecular formula is C15H16FN3O4S. The Morgan fingerprint density at radius 1 is 1.38 bits per heavy atom. The number of ether oxygens (including phenoxy) is 2. The Morgan fingerprint density at radius 2 is 2.17 bits per heavy atom. The molecule has 0 bridgehead atoms. The van der Waals surface area contributed by atoms with Gasteiger partial charge in [0.25, 0.3) is 0 Å². The van der Waals surface area contributed by atoms with E-state index in [0.717, 1.165) is 0 Å². The van der Waals surface area contributed by atoms with Gasteiger partial charge in [-0.05, 0) is 25.1 Å². The summed E-state index contributed by atoms with van der Waals surface area (Å²) < 4.78 is 24.4. The van der Waals surface area contributed by atoms with Gasteiger partial charge in [-0.3, -0.25) is 9.80 Å². The third-order valence-electron chi connectivity index (χ3n) is 3.75. The highest BCUT2D eigenvalue weighted by Crippen LogP contribution is 2.29. The molecule has 128 valence electrons. The van der Waals surface area contributed by atoms with E-state index in [2.05, 4.69) is 5.32 Å². The third kappa shape index (κ3) is 3.25. The molecule has 1 atom stereocenters. The molecule has 1 aromatic rings. The molecule has 7 nitrogen and oxygen atoms in total. The number of hydrogen-bond acceptors (Lipinski definition) is 5. The van der Waals surface area contributed by atoms with Crippen molar-refractivity contribution in [2.24, 2.45) is 0 Å². The van der Waals surface area contributed by atoms with E-state index >= 15 is 0 Å². The number of nitrogens with one attached hydrogen (secondary N) is 1. The molecular weight excluding hydrogens is 337 g/mol. The number of benzene rings is 1. The van der Waals surface area contributed by atoms with Crippen LogP contribution in [0.15, 0.2) is 18.2 Å². The van der Waals surface area contributed by atoms with Crippen molar-refractivity contribution >= 4 is 40.8 Å². The number of carbonyl (C=O) groups excluding carboxylic acids is 2. The molecule has 0 saturated carbocycles. The third-order valence-corrected chi connectivity index (χ3v) is 3.89. The second-order valence-corrected chi connectivity index (χ2v) is 6.07. The van der Waals surface area contributed by atoms with Crippen LogP contribution in [-0.2, 0) is 9.47 Å². The van der Waals surface area contributed by atoms with Crippen LogP contribution in [0.1, 0.15) is 6.92 Å². The standard InChI is InChI=1S/C15H16FN3O4S/c1-9(24)17-7-11-8-19(15(21)23-11)10-2-3-13(12(16)6-10)18-4-5-22-14(18)20/h2-3,6,11H,4-5,7-8H2,1H3,(H,17,24). The molecule has 24 heavy (non-hydrogen) atoms. The molecule has 2 amide bonds. The average Bonchev–Trinajstić information content (AvgIpc) is 3.11. The van der Waals surface area contributed by atoms with Crippen molar-refractivity contribution in [1.82, 2.24) is 5.32 Å².